The molecule has 0 spiro atoms. The van der Waals surface area contributed by atoms with Gasteiger partial charge in [0.25, 0.3) is 11.1 Å². The minimum Gasteiger partial charge on any atom is -0.455 e. The summed E-state index contributed by atoms with van der Waals surface area (Å²) in [6, 6.07) is 12.1. The zero-order chi connectivity index (χ0) is 30.0. The minimum absolute atomic E-state index is 0.00705. The number of rotatable bonds is 5. The van der Waals surface area contributed by atoms with Crippen LogP contribution in [-0.4, -0.2) is 17.5 Å². The lowest BCUT2D eigenvalue weighted by Crippen LogP contribution is -2.26. The van der Waals surface area contributed by atoms with Crippen molar-refractivity contribution in [1.29, 1.82) is 0 Å². The average molecular weight is 620 g/mol. The van der Waals surface area contributed by atoms with Crippen molar-refractivity contribution < 1.29 is 22.0 Å². The highest BCUT2D eigenvalue weighted by molar-refractivity contribution is 6.30. The molecule has 0 saturated carbocycles. The monoisotopic (exact) mass is 619 g/mol. The normalized spacial score (nSPS) is 24.2. The molecule has 10 heteroatoms. The summed E-state index contributed by atoms with van der Waals surface area (Å²) in [5, 5.41) is 0.525. The van der Waals surface area contributed by atoms with E-state index >= 15 is 4.48 Å². The van der Waals surface area contributed by atoms with Crippen LogP contribution in [0.3, 0.4) is 0 Å². The number of aromatic nitrogens is 1. The molecule has 0 bridgehead atoms. The van der Waals surface area contributed by atoms with Crippen LogP contribution in [0.2, 0.25) is 5.02 Å². The Hall–Kier alpha value is -3.88. The predicted molar refractivity (Wildman–Crippen MR) is 167 cm³/mol. The number of hydrogen-bond donors (Lipinski definition) is 0. The van der Waals surface area contributed by atoms with Gasteiger partial charge in [0.05, 0.1) is 33.1 Å². The second-order valence-corrected chi connectivity index (χ2v) is 12.0. The molecule has 4 heterocycles. The zero-order valence-corrected chi connectivity index (χ0v) is 24.7. The molecule has 1 aromatic carbocycles. The van der Waals surface area contributed by atoms with Gasteiger partial charge in [-0.1, -0.05) is 68.0 Å². The smallest absolute Gasteiger partial charge is 0.449 e. The third-order valence-corrected chi connectivity index (χ3v) is 9.26. The second kappa shape index (κ2) is 10.7. The number of halogens is 5. The van der Waals surface area contributed by atoms with Gasteiger partial charge in [0.1, 0.15) is 17.3 Å². The number of alkyl halides is 1. The molecule has 2 aliphatic carbocycles. The molecule has 0 amide bonds. The molecular weight excluding hydrogens is 595 g/mol. The van der Waals surface area contributed by atoms with Crippen LogP contribution in [-0.2, 0) is 0 Å². The van der Waals surface area contributed by atoms with Gasteiger partial charge in [0.15, 0.2) is 5.58 Å². The summed E-state index contributed by atoms with van der Waals surface area (Å²) in [6.45, 7) is 3.73. The third-order valence-electron chi connectivity index (χ3n) is 8.51. The highest BCUT2D eigenvalue weighted by atomic mass is 35.5. The lowest BCUT2D eigenvalue weighted by molar-refractivity contribution is 0.310. The maximum absolute atomic E-state index is 16.3. The van der Waals surface area contributed by atoms with Crippen molar-refractivity contribution in [1.82, 2.24) is 9.28 Å². The van der Waals surface area contributed by atoms with Crippen LogP contribution in [0.25, 0.3) is 39.6 Å². The topological polar surface area (TPSA) is 34.2 Å². The second-order valence-electron chi connectivity index (χ2n) is 11.0. The predicted octanol–water partition coefficient (Wildman–Crippen LogP) is 7.69. The van der Waals surface area contributed by atoms with Gasteiger partial charge in [-0.3, -0.25) is 0 Å². The van der Waals surface area contributed by atoms with Gasteiger partial charge in [-0.25, -0.2) is 4.39 Å². The average Bonchev–Trinajstić information content (AvgIpc) is 3.74. The van der Waals surface area contributed by atoms with E-state index in [0.29, 0.717) is 54.7 Å². The van der Waals surface area contributed by atoms with Gasteiger partial charge in [0.2, 0.25) is 5.42 Å². The van der Waals surface area contributed by atoms with Gasteiger partial charge in [-0.2, -0.15) is 0 Å². The maximum Gasteiger partial charge on any atom is 0.449 e. The Morgan fingerprint density at radius 2 is 1.81 bits per heavy atom. The zero-order valence-electron chi connectivity index (χ0n) is 23.2. The molecule has 0 N–H and O–H groups in total. The lowest BCUT2D eigenvalue weighted by atomic mass is 9.80. The van der Waals surface area contributed by atoms with Crippen LogP contribution in [0.15, 0.2) is 99.3 Å². The Bertz CT molecular complexity index is 2080. The Kier molecular flexibility index (Phi) is 6.94. The molecule has 0 fully saturated rings. The SMILES string of the molecule is CC1C(c2cc3c(cc(/C(=C4/C=c5oc(-c6cccc(Cl)c6)cc5=[N+]4F)C4C=CC=C(F)C4C)n3BF)o2)=CC=CC1Cl. The Morgan fingerprint density at radius 1 is 1.00 bits per heavy atom. The number of furan rings is 2. The number of fused-ring (bicyclic) bond motifs is 2. The summed E-state index contributed by atoms with van der Waals surface area (Å²) in [6.07, 6.45) is 12.1. The fourth-order valence-corrected chi connectivity index (χ4v) is 6.51. The number of benzene rings is 1. The minimum atomic E-state index is -0.904. The Balaban J connectivity index is 1.41. The first-order chi connectivity index (χ1) is 20.7. The molecule has 4 aromatic rings. The van der Waals surface area contributed by atoms with Crippen LogP contribution >= 0.6 is 23.2 Å². The summed E-state index contributed by atoms with van der Waals surface area (Å²) < 4.78 is 59.8. The molecular formula is C33H25BCl2F3N2O2+. The molecule has 4 unspecified atom stereocenters. The first kappa shape index (κ1) is 27.9. The summed E-state index contributed by atoms with van der Waals surface area (Å²) in [7, 11) is -0.904. The van der Waals surface area contributed by atoms with E-state index in [9.17, 15) is 8.71 Å². The number of allylic oxidation sites excluding steroid dienone is 10. The summed E-state index contributed by atoms with van der Waals surface area (Å²) >= 11 is 12.6. The maximum atomic E-state index is 16.3. The van der Waals surface area contributed by atoms with E-state index in [4.69, 9.17) is 32.0 Å². The fraction of sp³-hybridized carbons (Fsp3) is 0.182. The van der Waals surface area contributed by atoms with E-state index in [1.807, 2.05) is 31.2 Å². The van der Waals surface area contributed by atoms with Gasteiger partial charge in [0, 0.05) is 51.0 Å². The highest BCUT2D eigenvalue weighted by Crippen LogP contribution is 2.43. The fourth-order valence-electron chi connectivity index (χ4n) is 6.10. The summed E-state index contributed by atoms with van der Waals surface area (Å²) in [5.74, 6) is -0.536. The highest BCUT2D eigenvalue weighted by Gasteiger charge is 2.38. The molecule has 0 saturated heterocycles. The van der Waals surface area contributed by atoms with Gasteiger partial charge in [-0.05, 0) is 23.8 Å². The van der Waals surface area contributed by atoms with Crippen molar-refractivity contribution >= 4 is 59.2 Å². The third kappa shape index (κ3) is 4.59. The van der Waals surface area contributed by atoms with Crippen molar-refractivity contribution in [3.63, 3.8) is 0 Å². The number of hydrogen-bond acceptors (Lipinski definition) is 2. The lowest BCUT2D eigenvalue weighted by Gasteiger charge is -2.25. The Morgan fingerprint density at radius 3 is 2.58 bits per heavy atom. The van der Waals surface area contributed by atoms with E-state index in [1.165, 1.54) is 10.6 Å². The molecule has 1 aliphatic heterocycles. The van der Waals surface area contributed by atoms with Gasteiger partial charge in [-0.15, -0.1) is 11.6 Å². The van der Waals surface area contributed by atoms with Gasteiger partial charge < -0.3 is 17.6 Å². The largest absolute Gasteiger partial charge is 0.455 e. The molecule has 3 aromatic heterocycles. The van der Waals surface area contributed by atoms with Crippen LogP contribution in [0.5, 0.6) is 0 Å². The van der Waals surface area contributed by atoms with Crippen LogP contribution in [0.4, 0.5) is 13.2 Å². The number of nitrogens with zero attached hydrogens (tertiary/aromatic N) is 2. The summed E-state index contributed by atoms with van der Waals surface area (Å²) in [4.78, 5) is 0.517. The Labute approximate surface area is 255 Å². The molecule has 216 valence electrons. The van der Waals surface area contributed by atoms with Crippen LogP contribution in [0.1, 0.15) is 25.3 Å². The molecule has 43 heavy (non-hydrogen) atoms. The van der Waals surface area contributed by atoms with E-state index in [2.05, 4.69) is 0 Å². The van der Waals surface area contributed by atoms with Crippen LogP contribution < -0.4 is 15.6 Å². The molecule has 3 aliphatic rings. The van der Waals surface area contributed by atoms with Crippen molar-refractivity contribution in [2.24, 2.45) is 17.8 Å². The molecule has 4 atom stereocenters. The summed E-state index contributed by atoms with van der Waals surface area (Å²) in [5.41, 5.74) is 3.76. The van der Waals surface area contributed by atoms with Crippen molar-refractivity contribution in [3.8, 4) is 11.3 Å². The molecule has 0 radical (unpaired) electrons. The standard InChI is InChI=1S/C33H25BCl2F3N2O2/c1-17-21(8-4-10-23(17)36)30-13-25-31(43-30)15-27(40(25)34-38)33(22-9-5-11-24(37)18(22)2)28-16-32-26(41(28)39)14-29(42-32)19-6-3-7-20(35)12-19/h3-18,22-23,34H,1-2H3/q+1. The molecule has 7 rings (SSSR count). The van der Waals surface area contributed by atoms with Gasteiger partial charge >= 0.3 is 7.69 Å². The van der Waals surface area contributed by atoms with Crippen LogP contribution in [0, 0.1) is 17.8 Å². The first-order valence-corrected chi connectivity index (χ1v) is 14.8. The van der Waals surface area contributed by atoms with E-state index in [-0.39, 0.29) is 28.2 Å². The van der Waals surface area contributed by atoms with Crippen molar-refractivity contribution in [3.05, 3.63) is 118 Å². The van der Waals surface area contributed by atoms with E-state index in [0.717, 1.165) is 5.57 Å². The van der Waals surface area contributed by atoms with E-state index in [1.54, 1.807) is 61.5 Å². The first-order valence-electron chi connectivity index (χ1n) is 14.0. The van der Waals surface area contributed by atoms with Crippen molar-refractivity contribution in [2.45, 2.75) is 19.2 Å². The van der Waals surface area contributed by atoms with Crippen molar-refractivity contribution in [2.75, 3.05) is 0 Å². The quantitative estimate of drug-likeness (QED) is 0.130. The molecule has 4 nitrogen and oxygen atoms in total. The van der Waals surface area contributed by atoms with E-state index < -0.39 is 19.5 Å².